The third kappa shape index (κ3) is 5.17. The van der Waals surface area contributed by atoms with Crippen molar-refractivity contribution in [3.8, 4) is 33.8 Å². The molecule has 0 amide bonds. The van der Waals surface area contributed by atoms with Crippen molar-refractivity contribution in [1.82, 2.24) is 0 Å². The fourth-order valence-electron chi connectivity index (χ4n) is 8.44. The van der Waals surface area contributed by atoms with Gasteiger partial charge >= 0.3 is 21.1 Å². The SMILES string of the molecule is [Pt+2].[c-]1c(Oc2[c-]c(N3C4=Nc5ccccc5-c5ccccc5N4c4ccccc43)ccc2)cccc1N1C2=Nc3ccccc3-c3ccccc3N2c2ccccc21. The first kappa shape index (κ1) is 34.1. The normalized spacial score (nSPS) is 13.8. The van der Waals surface area contributed by atoms with Crippen LogP contribution in [0.2, 0.25) is 0 Å². The minimum atomic E-state index is 0. The zero-order valence-electron chi connectivity index (χ0n) is 30.7. The molecular weight excluding hydrogens is 896 g/mol. The Morgan fingerprint density at radius 2 is 0.672 bits per heavy atom. The van der Waals surface area contributed by atoms with Crippen molar-refractivity contribution in [2.75, 3.05) is 19.6 Å². The molecule has 8 heteroatoms. The second kappa shape index (κ2) is 13.5. The molecule has 0 N–H and O–H groups in total. The van der Waals surface area contributed by atoms with Gasteiger partial charge in [-0.05, 0) is 48.5 Å². The molecule has 0 saturated heterocycles. The summed E-state index contributed by atoms with van der Waals surface area (Å²) in [5.74, 6) is 2.68. The van der Waals surface area contributed by atoms with Gasteiger partial charge in [0.2, 0.25) is 11.9 Å². The summed E-state index contributed by atoms with van der Waals surface area (Å²) in [6, 6.07) is 69.6. The zero-order chi connectivity index (χ0) is 37.5. The van der Waals surface area contributed by atoms with E-state index in [4.69, 9.17) is 14.7 Å². The molecule has 12 rings (SSSR count). The van der Waals surface area contributed by atoms with Crippen LogP contribution in [0, 0.1) is 12.1 Å². The Kier molecular flexibility index (Phi) is 7.91. The van der Waals surface area contributed by atoms with Crippen LogP contribution in [0.15, 0.2) is 192 Å². The average Bonchev–Trinajstić information content (AvgIpc) is 3.65. The summed E-state index contributed by atoms with van der Waals surface area (Å²) >= 11 is 0. The molecule has 0 spiro atoms. The van der Waals surface area contributed by atoms with Crippen LogP contribution in [-0.2, 0) is 21.1 Å². The number of anilines is 8. The van der Waals surface area contributed by atoms with Crippen molar-refractivity contribution in [2.45, 2.75) is 0 Å². The summed E-state index contributed by atoms with van der Waals surface area (Å²) in [5, 5.41) is 0. The number of fused-ring (bicyclic) bond motifs is 14. The van der Waals surface area contributed by atoms with Crippen LogP contribution in [0.5, 0.6) is 11.5 Å². The molecule has 0 aromatic heterocycles. The molecular formula is C50H30N6OPt. The van der Waals surface area contributed by atoms with E-state index in [0.29, 0.717) is 11.5 Å². The quantitative estimate of drug-likeness (QED) is 0.165. The third-order valence-corrected chi connectivity index (χ3v) is 10.9. The van der Waals surface area contributed by atoms with Gasteiger partial charge in [-0.3, -0.25) is 9.80 Å². The Bertz CT molecular complexity index is 2810. The van der Waals surface area contributed by atoms with E-state index in [9.17, 15) is 0 Å². The molecule has 4 aliphatic heterocycles. The number of nitrogens with zero attached hydrogens (tertiary/aromatic N) is 6. The van der Waals surface area contributed by atoms with Crippen molar-refractivity contribution < 1.29 is 25.8 Å². The maximum Gasteiger partial charge on any atom is 2.00 e. The van der Waals surface area contributed by atoms with Crippen LogP contribution in [0.3, 0.4) is 0 Å². The first-order valence-corrected chi connectivity index (χ1v) is 18.9. The Hall–Kier alpha value is -7.21. The summed E-state index contributed by atoms with van der Waals surface area (Å²) in [5.41, 5.74) is 14.1. The van der Waals surface area contributed by atoms with Crippen LogP contribution in [-0.4, -0.2) is 11.9 Å². The Labute approximate surface area is 350 Å². The van der Waals surface area contributed by atoms with Crippen LogP contribution >= 0.6 is 0 Å². The fraction of sp³-hybridized carbons (Fsp3) is 0. The number of aliphatic imine (C=N–C) groups is 2. The van der Waals surface area contributed by atoms with Crippen molar-refractivity contribution >= 4 is 68.8 Å². The number of hydrogen-bond acceptors (Lipinski definition) is 7. The summed E-state index contributed by atoms with van der Waals surface area (Å²) < 4.78 is 6.63. The maximum absolute atomic E-state index is 6.63. The van der Waals surface area contributed by atoms with E-state index in [1.165, 1.54) is 0 Å². The standard InChI is InChI=1S/C50H30N6O.Pt/c1-5-23-41-37(19-1)39-21-3-7-25-43(39)55-47-29-11-9-27-45(47)53(49(55)51-41)33-15-13-17-35(31-33)57-36-18-14-16-34(32-36)54-46-28-10-12-30-48(46)56-44-26-8-4-22-40(44)38-20-2-6-24-42(38)52-50(54)56;/h1-30H;/q-2;+2. The molecule has 8 aromatic carbocycles. The summed E-state index contributed by atoms with van der Waals surface area (Å²) in [7, 11) is 0. The maximum atomic E-state index is 6.63. The van der Waals surface area contributed by atoms with E-state index in [1.807, 2.05) is 48.5 Å². The Morgan fingerprint density at radius 3 is 1.10 bits per heavy atom. The first-order chi connectivity index (χ1) is 28.3. The fourth-order valence-corrected chi connectivity index (χ4v) is 8.44. The number of hydrogen-bond donors (Lipinski definition) is 0. The van der Waals surface area contributed by atoms with Gasteiger partial charge < -0.3 is 14.5 Å². The zero-order valence-corrected chi connectivity index (χ0v) is 33.0. The van der Waals surface area contributed by atoms with Gasteiger partial charge in [-0.2, -0.15) is 12.1 Å². The molecule has 0 fully saturated rings. The predicted octanol–water partition coefficient (Wildman–Crippen LogP) is 13.0. The van der Waals surface area contributed by atoms with Gasteiger partial charge in [-0.1, -0.05) is 108 Å². The first-order valence-electron chi connectivity index (χ1n) is 18.9. The van der Waals surface area contributed by atoms with Crippen LogP contribution < -0.4 is 24.3 Å². The van der Waals surface area contributed by atoms with E-state index in [2.05, 4.69) is 165 Å². The molecule has 0 aliphatic carbocycles. The largest absolute Gasteiger partial charge is 2.00 e. The van der Waals surface area contributed by atoms with Crippen molar-refractivity contribution in [3.05, 3.63) is 194 Å². The van der Waals surface area contributed by atoms with Gasteiger partial charge in [-0.25, -0.2) is 9.98 Å². The molecule has 4 aliphatic rings. The smallest absolute Gasteiger partial charge is 0.509 e. The number of benzene rings is 8. The van der Waals surface area contributed by atoms with Gasteiger partial charge in [0.1, 0.15) is 0 Å². The molecule has 8 aromatic rings. The predicted molar refractivity (Wildman–Crippen MR) is 230 cm³/mol. The molecule has 0 saturated carbocycles. The molecule has 0 radical (unpaired) electrons. The number of ether oxygens (including phenoxy) is 1. The van der Waals surface area contributed by atoms with E-state index in [1.54, 1.807) is 0 Å². The van der Waals surface area contributed by atoms with Gasteiger partial charge in [0.05, 0.1) is 45.5 Å². The molecule has 276 valence electrons. The minimum absolute atomic E-state index is 0. The number of rotatable bonds is 4. The van der Waals surface area contributed by atoms with E-state index < -0.39 is 0 Å². The molecule has 7 nitrogen and oxygen atoms in total. The van der Waals surface area contributed by atoms with Crippen molar-refractivity contribution in [1.29, 1.82) is 0 Å². The summed E-state index contributed by atoms with van der Waals surface area (Å²) in [6.45, 7) is 0. The van der Waals surface area contributed by atoms with Gasteiger partial charge in [-0.15, -0.1) is 36.4 Å². The topological polar surface area (TPSA) is 46.9 Å². The van der Waals surface area contributed by atoms with Crippen molar-refractivity contribution in [2.24, 2.45) is 9.98 Å². The number of para-hydroxylation sites is 8. The summed E-state index contributed by atoms with van der Waals surface area (Å²) in [4.78, 5) is 19.5. The summed E-state index contributed by atoms with van der Waals surface area (Å²) in [6.07, 6.45) is 0. The molecule has 58 heavy (non-hydrogen) atoms. The minimum Gasteiger partial charge on any atom is -0.509 e. The van der Waals surface area contributed by atoms with Gasteiger partial charge in [0.15, 0.2) is 0 Å². The molecule has 0 atom stereocenters. The average molecular weight is 926 g/mol. The second-order valence-corrected chi connectivity index (χ2v) is 14.1. The molecule has 0 unspecified atom stereocenters. The van der Waals surface area contributed by atoms with E-state index in [0.717, 1.165) is 91.0 Å². The van der Waals surface area contributed by atoms with E-state index in [-0.39, 0.29) is 21.1 Å². The number of guanidine groups is 2. The second-order valence-electron chi connectivity index (χ2n) is 14.1. The molecule has 4 heterocycles. The van der Waals surface area contributed by atoms with E-state index >= 15 is 0 Å². The van der Waals surface area contributed by atoms with Gasteiger partial charge in [0.25, 0.3) is 0 Å². The Balaban J connectivity index is 0.00000385. The monoisotopic (exact) mass is 925 g/mol. The van der Waals surface area contributed by atoms with Crippen molar-refractivity contribution in [3.63, 3.8) is 0 Å². The van der Waals surface area contributed by atoms with Crippen LogP contribution in [0.25, 0.3) is 22.3 Å². The molecule has 0 bridgehead atoms. The van der Waals surface area contributed by atoms with Crippen LogP contribution in [0.4, 0.5) is 56.9 Å². The Morgan fingerprint density at radius 1 is 0.328 bits per heavy atom. The van der Waals surface area contributed by atoms with Crippen LogP contribution in [0.1, 0.15) is 0 Å². The van der Waals surface area contributed by atoms with Gasteiger partial charge in [0, 0.05) is 33.8 Å². The third-order valence-electron chi connectivity index (χ3n) is 10.9.